The molecule has 4 aromatic rings. The highest BCUT2D eigenvalue weighted by Crippen LogP contribution is 2.31. The average molecular weight is 429 g/mol. The number of nitrogens with zero attached hydrogens (tertiary/aromatic N) is 3. The van der Waals surface area contributed by atoms with E-state index >= 15 is 0 Å². The molecule has 7 nitrogen and oxygen atoms in total. The van der Waals surface area contributed by atoms with E-state index in [4.69, 9.17) is 4.74 Å². The van der Waals surface area contributed by atoms with E-state index in [0.29, 0.717) is 19.5 Å². The maximum atomic E-state index is 12.9. The van der Waals surface area contributed by atoms with Gasteiger partial charge in [0.2, 0.25) is 0 Å². The Morgan fingerprint density at radius 2 is 1.81 bits per heavy atom. The number of carboxylic acid groups (broad SMARTS) is 1. The van der Waals surface area contributed by atoms with Crippen LogP contribution in [0.5, 0.6) is 5.75 Å². The molecule has 162 valence electrons. The molecule has 0 radical (unpaired) electrons. The topological polar surface area (TPSA) is 76.7 Å². The highest BCUT2D eigenvalue weighted by atomic mass is 16.5. The maximum absolute atomic E-state index is 12.9. The second kappa shape index (κ2) is 7.60. The summed E-state index contributed by atoms with van der Waals surface area (Å²) in [6.07, 6.45) is 1.57. The summed E-state index contributed by atoms with van der Waals surface area (Å²) in [4.78, 5) is 25.8. The van der Waals surface area contributed by atoms with Gasteiger partial charge >= 0.3 is 6.09 Å². The predicted molar refractivity (Wildman–Crippen MR) is 123 cm³/mol. The summed E-state index contributed by atoms with van der Waals surface area (Å²) < 4.78 is 8.94. The summed E-state index contributed by atoms with van der Waals surface area (Å²) >= 11 is 0. The fourth-order valence-electron chi connectivity index (χ4n) is 4.53. The minimum Gasteiger partial charge on any atom is -0.497 e. The van der Waals surface area contributed by atoms with Crippen molar-refractivity contribution in [1.82, 2.24) is 14.0 Å². The fraction of sp³-hybridized carbons (Fsp3) is 0.200. The fourth-order valence-corrected chi connectivity index (χ4v) is 4.53. The first kappa shape index (κ1) is 19.9. The number of hydrogen-bond donors (Lipinski definition) is 1. The predicted octanol–water partition coefficient (Wildman–Crippen LogP) is 4.04. The van der Waals surface area contributed by atoms with Crippen LogP contribution in [0.25, 0.3) is 27.7 Å². The first-order chi connectivity index (χ1) is 15.5. The number of hydrogen-bond acceptors (Lipinski definition) is 3. The van der Waals surface area contributed by atoms with E-state index in [0.717, 1.165) is 44.7 Å². The van der Waals surface area contributed by atoms with Crippen LogP contribution in [-0.2, 0) is 20.0 Å². The monoisotopic (exact) mass is 429 g/mol. The highest BCUT2D eigenvalue weighted by Gasteiger charge is 2.25. The SMILES string of the molecule is COc1ccc(-c2ccn(-c3ccc4c5c(n(C)c4c3)CCN(C(=O)O)C5)c(=O)c2)cc1. The molecule has 0 bridgehead atoms. The van der Waals surface area contributed by atoms with Crippen molar-refractivity contribution < 1.29 is 14.6 Å². The summed E-state index contributed by atoms with van der Waals surface area (Å²) in [6.45, 7) is 0.878. The Morgan fingerprint density at radius 3 is 2.50 bits per heavy atom. The molecule has 0 saturated carbocycles. The van der Waals surface area contributed by atoms with Gasteiger partial charge in [0.1, 0.15) is 5.75 Å². The summed E-state index contributed by atoms with van der Waals surface area (Å²) in [5, 5.41) is 10.4. The van der Waals surface area contributed by atoms with Crippen LogP contribution in [0.4, 0.5) is 4.79 Å². The van der Waals surface area contributed by atoms with Crippen LogP contribution in [0.2, 0.25) is 0 Å². The first-order valence-electron chi connectivity index (χ1n) is 10.4. The van der Waals surface area contributed by atoms with Gasteiger partial charge in [-0.05, 0) is 41.5 Å². The lowest BCUT2D eigenvalue weighted by atomic mass is 10.0. The van der Waals surface area contributed by atoms with Gasteiger partial charge in [-0.1, -0.05) is 18.2 Å². The number of carbonyl (C=O) groups is 1. The lowest BCUT2D eigenvalue weighted by Crippen LogP contribution is -2.34. The molecule has 32 heavy (non-hydrogen) atoms. The third-order valence-corrected chi connectivity index (χ3v) is 6.28. The van der Waals surface area contributed by atoms with E-state index < -0.39 is 6.09 Å². The molecular formula is C25H23N3O4. The second-order valence-electron chi connectivity index (χ2n) is 7.99. The van der Waals surface area contributed by atoms with Crippen molar-refractivity contribution in [3.05, 3.63) is 82.4 Å². The zero-order chi connectivity index (χ0) is 22.4. The number of methoxy groups -OCH3 is 1. The molecule has 1 aliphatic heterocycles. The highest BCUT2D eigenvalue weighted by molar-refractivity contribution is 5.88. The minimum absolute atomic E-state index is 0.117. The number of ether oxygens (including phenoxy) is 1. The van der Waals surface area contributed by atoms with E-state index in [1.807, 2.05) is 55.6 Å². The van der Waals surface area contributed by atoms with Gasteiger partial charge in [-0.25, -0.2) is 4.79 Å². The first-order valence-corrected chi connectivity index (χ1v) is 10.4. The van der Waals surface area contributed by atoms with Crippen molar-refractivity contribution in [3.63, 3.8) is 0 Å². The third-order valence-electron chi connectivity index (χ3n) is 6.28. The van der Waals surface area contributed by atoms with Crippen LogP contribution in [-0.4, -0.2) is 38.9 Å². The maximum Gasteiger partial charge on any atom is 0.407 e. The number of benzene rings is 2. The third kappa shape index (κ3) is 3.22. The molecule has 0 unspecified atom stereocenters. The summed E-state index contributed by atoms with van der Waals surface area (Å²) in [6, 6.07) is 17.1. The standard InChI is InChI=1S/C25H23N3O4/c1-26-22-10-11-27(25(30)31)15-21(22)20-8-5-18(14-23(20)26)28-12-9-17(13-24(28)29)16-3-6-19(32-2)7-4-16/h3-9,12-14H,10-11,15H2,1-2H3,(H,30,31). The molecule has 1 amide bonds. The van der Waals surface area contributed by atoms with Gasteiger partial charge in [0, 0.05) is 48.9 Å². The minimum atomic E-state index is -0.896. The number of rotatable bonds is 3. The van der Waals surface area contributed by atoms with Gasteiger partial charge in [-0.2, -0.15) is 0 Å². The molecule has 0 saturated heterocycles. The smallest absolute Gasteiger partial charge is 0.407 e. The van der Waals surface area contributed by atoms with Crippen LogP contribution in [0, 0.1) is 0 Å². The van der Waals surface area contributed by atoms with Gasteiger partial charge < -0.3 is 19.3 Å². The van der Waals surface area contributed by atoms with Gasteiger partial charge in [-0.3, -0.25) is 9.36 Å². The van der Waals surface area contributed by atoms with Crippen molar-refractivity contribution in [2.75, 3.05) is 13.7 Å². The van der Waals surface area contributed by atoms with Gasteiger partial charge in [0.05, 0.1) is 24.9 Å². The van der Waals surface area contributed by atoms with Crippen LogP contribution in [0.1, 0.15) is 11.3 Å². The number of aryl methyl sites for hydroxylation is 1. The Hall–Kier alpha value is -4.00. The zero-order valence-corrected chi connectivity index (χ0v) is 17.9. The largest absolute Gasteiger partial charge is 0.497 e. The van der Waals surface area contributed by atoms with Crippen molar-refractivity contribution in [2.45, 2.75) is 13.0 Å². The molecule has 1 aliphatic rings. The lowest BCUT2D eigenvalue weighted by molar-refractivity contribution is 0.139. The molecule has 2 aromatic carbocycles. The second-order valence-corrected chi connectivity index (χ2v) is 7.99. The average Bonchev–Trinajstić information content (AvgIpc) is 3.10. The normalized spacial score (nSPS) is 13.2. The van der Waals surface area contributed by atoms with Crippen LogP contribution in [0.15, 0.2) is 65.6 Å². The van der Waals surface area contributed by atoms with Gasteiger partial charge in [0.15, 0.2) is 0 Å². The van der Waals surface area contributed by atoms with Gasteiger partial charge in [0.25, 0.3) is 5.56 Å². The van der Waals surface area contributed by atoms with Crippen molar-refractivity contribution in [3.8, 4) is 22.6 Å². The Kier molecular flexibility index (Phi) is 4.74. The number of pyridine rings is 1. The molecular weight excluding hydrogens is 406 g/mol. The molecule has 0 atom stereocenters. The van der Waals surface area contributed by atoms with Gasteiger partial charge in [-0.15, -0.1) is 0 Å². The molecule has 1 N–H and O–H groups in total. The zero-order valence-electron chi connectivity index (χ0n) is 17.9. The van der Waals surface area contributed by atoms with Crippen molar-refractivity contribution >= 4 is 17.0 Å². The Labute approximate surface area is 184 Å². The molecule has 0 fully saturated rings. The van der Waals surface area contributed by atoms with Crippen LogP contribution < -0.4 is 10.3 Å². The number of fused-ring (bicyclic) bond motifs is 3. The van der Waals surface area contributed by atoms with Crippen LogP contribution in [0.3, 0.4) is 0 Å². The Balaban J connectivity index is 1.53. The van der Waals surface area contributed by atoms with E-state index in [1.165, 1.54) is 4.90 Å². The summed E-state index contributed by atoms with van der Waals surface area (Å²) in [5.41, 5.74) is 5.64. The summed E-state index contributed by atoms with van der Waals surface area (Å²) in [7, 11) is 3.62. The molecule has 2 aromatic heterocycles. The van der Waals surface area contributed by atoms with Crippen molar-refractivity contribution in [2.24, 2.45) is 7.05 Å². The Bertz CT molecular complexity index is 1400. The summed E-state index contributed by atoms with van der Waals surface area (Å²) in [5.74, 6) is 0.770. The lowest BCUT2D eigenvalue weighted by Gasteiger charge is -2.25. The van der Waals surface area contributed by atoms with Crippen molar-refractivity contribution in [1.29, 1.82) is 0 Å². The molecule has 5 rings (SSSR count). The van der Waals surface area contributed by atoms with Crippen LogP contribution >= 0.6 is 0 Å². The molecule has 0 spiro atoms. The van der Waals surface area contributed by atoms with E-state index in [9.17, 15) is 14.7 Å². The van der Waals surface area contributed by atoms with E-state index in [2.05, 4.69) is 4.57 Å². The molecule has 3 heterocycles. The van der Waals surface area contributed by atoms with E-state index in [1.54, 1.807) is 23.9 Å². The quantitative estimate of drug-likeness (QED) is 0.533. The Morgan fingerprint density at radius 1 is 1.03 bits per heavy atom. The van der Waals surface area contributed by atoms with E-state index in [-0.39, 0.29) is 5.56 Å². The number of amides is 1. The number of aromatic nitrogens is 2. The molecule has 7 heteroatoms. The molecule has 0 aliphatic carbocycles.